The average molecular weight is 623 g/mol. The normalized spacial score (nSPS) is 19.2. The van der Waals surface area contributed by atoms with E-state index in [9.17, 15) is 14.7 Å². The van der Waals surface area contributed by atoms with Crippen molar-refractivity contribution in [3.8, 4) is 17.2 Å². The molecule has 5 rings (SSSR count). The number of hydrogen-bond donors (Lipinski definition) is 2. The molecular formula is C34H39ClN2O7. The van der Waals surface area contributed by atoms with Crippen molar-refractivity contribution in [3.05, 3.63) is 81.4 Å². The number of methoxy groups -OCH3 is 1. The third-order valence-corrected chi connectivity index (χ3v) is 8.75. The van der Waals surface area contributed by atoms with Crippen LogP contribution in [0.4, 0.5) is 5.69 Å². The number of anilines is 1. The highest BCUT2D eigenvalue weighted by atomic mass is 35.5. The van der Waals surface area contributed by atoms with Crippen molar-refractivity contribution in [2.45, 2.75) is 45.6 Å². The van der Waals surface area contributed by atoms with Crippen molar-refractivity contribution in [1.82, 2.24) is 4.90 Å². The second-order valence-electron chi connectivity index (χ2n) is 11.1. The molecule has 9 nitrogen and oxygen atoms in total. The van der Waals surface area contributed by atoms with Gasteiger partial charge in [0.2, 0.25) is 12.7 Å². The molecular weight excluding hydrogens is 584 g/mol. The minimum absolute atomic E-state index is 0.0180. The molecule has 2 aliphatic heterocycles. The van der Waals surface area contributed by atoms with Crippen LogP contribution < -0.4 is 19.5 Å². The molecule has 10 heteroatoms. The van der Waals surface area contributed by atoms with Crippen LogP contribution in [0.5, 0.6) is 17.2 Å². The maximum Gasteiger partial charge on any atom is 0.309 e. The number of carboxylic acids is 1. The summed E-state index contributed by atoms with van der Waals surface area (Å²) in [5, 5.41) is 14.5. The zero-order valence-corrected chi connectivity index (χ0v) is 26.3. The summed E-state index contributed by atoms with van der Waals surface area (Å²) >= 11 is 6.36. The SMILES string of the molecule is CCc1cc(Cl)cc(CC)c1NC(=O)CN1C[C@H](c2ccc3c(c2C)OCO3)C(C(=O)O)[C@@H]1c1ccccc1OCCOC. The molecule has 1 unspecified atom stereocenters. The van der Waals surface area contributed by atoms with Crippen molar-refractivity contribution in [2.75, 3.05) is 45.5 Å². The number of nitrogens with one attached hydrogen (secondary N) is 1. The fourth-order valence-electron chi connectivity index (χ4n) is 6.51. The molecule has 0 bridgehead atoms. The van der Waals surface area contributed by atoms with Gasteiger partial charge in [-0.1, -0.05) is 49.7 Å². The standard InChI is InChI=1S/C34H39ClN2O7/c1-5-21-15-23(35)16-22(6-2)31(21)36-29(38)18-37-17-26(24-11-12-28-33(20(24)3)44-19-43-28)30(34(39)40)32(37)25-9-7-8-10-27(25)42-14-13-41-4/h7-12,15-16,26,30,32H,5-6,13-14,17-19H2,1-4H3,(H,36,38)(H,39,40)/t26-,30?,32+/m1/s1. The molecule has 0 aromatic heterocycles. The van der Waals surface area contributed by atoms with E-state index in [1.807, 2.05) is 74.2 Å². The molecule has 0 radical (unpaired) electrons. The highest BCUT2D eigenvalue weighted by Crippen LogP contribution is 2.50. The molecule has 2 heterocycles. The number of carbonyl (C=O) groups is 2. The second-order valence-corrected chi connectivity index (χ2v) is 11.5. The fourth-order valence-corrected chi connectivity index (χ4v) is 6.77. The van der Waals surface area contributed by atoms with E-state index in [2.05, 4.69) is 5.32 Å². The molecule has 3 aromatic carbocycles. The first kappa shape index (κ1) is 31.6. The van der Waals surface area contributed by atoms with Gasteiger partial charge in [-0.2, -0.15) is 0 Å². The summed E-state index contributed by atoms with van der Waals surface area (Å²) in [7, 11) is 1.60. The van der Waals surface area contributed by atoms with Crippen molar-refractivity contribution < 1.29 is 33.6 Å². The first-order valence-electron chi connectivity index (χ1n) is 14.9. The van der Waals surface area contributed by atoms with E-state index in [1.54, 1.807) is 7.11 Å². The van der Waals surface area contributed by atoms with Gasteiger partial charge in [-0.3, -0.25) is 14.5 Å². The molecule has 0 aliphatic carbocycles. The molecule has 3 aromatic rings. The quantitative estimate of drug-likeness (QED) is 0.237. The Morgan fingerprint density at radius 3 is 2.45 bits per heavy atom. The number of halogens is 1. The highest BCUT2D eigenvalue weighted by molar-refractivity contribution is 6.30. The molecule has 3 atom stereocenters. The lowest BCUT2D eigenvalue weighted by Crippen LogP contribution is -2.35. The second kappa shape index (κ2) is 13.9. The maximum atomic E-state index is 13.8. The summed E-state index contributed by atoms with van der Waals surface area (Å²) in [5.74, 6) is -0.653. The summed E-state index contributed by atoms with van der Waals surface area (Å²) in [4.78, 5) is 28.9. The Balaban J connectivity index is 1.54. The predicted octanol–water partition coefficient (Wildman–Crippen LogP) is 6.01. The Bertz CT molecular complexity index is 1500. The number of ether oxygens (including phenoxy) is 4. The first-order valence-corrected chi connectivity index (χ1v) is 15.3. The minimum atomic E-state index is -0.953. The zero-order valence-electron chi connectivity index (χ0n) is 25.5. The molecule has 2 aliphatic rings. The van der Waals surface area contributed by atoms with Gasteiger partial charge in [0.05, 0.1) is 25.1 Å². The van der Waals surface area contributed by atoms with E-state index in [0.717, 1.165) is 27.9 Å². The van der Waals surface area contributed by atoms with Crippen LogP contribution in [0.3, 0.4) is 0 Å². The number of fused-ring (bicyclic) bond motifs is 1. The van der Waals surface area contributed by atoms with E-state index >= 15 is 0 Å². The summed E-state index contributed by atoms with van der Waals surface area (Å²) in [6.07, 6.45) is 1.41. The number of aliphatic carboxylic acids is 1. The van der Waals surface area contributed by atoms with Gasteiger partial charge in [-0.05, 0) is 66.3 Å². The number of hydrogen-bond acceptors (Lipinski definition) is 7. The lowest BCUT2D eigenvalue weighted by molar-refractivity contribution is -0.143. The van der Waals surface area contributed by atoms with Gasteiger partial charge in [0.15, 0.2) is 11.5 Å². The Labute approximate surface area is 263 Å². The number of carboxylic acid groups (broad SMARTS) is 1. The number of para-hydroxylation sites is 1. The molecule has 0 saturated carbocycles. The topological polar surface area (TPSA) is 107 Å². The Morgan fingerprint density at radius 2 is 1.77 bits per heavy atom. The molecule has 2 N–H and O–H groups in total. The third-order valence-electron chi connectivity index (χ3n) is 8.53. The molecule has 1 saturated heterocycles. The van der Waals surface area contributed by atoms with E-state index in [1.165, 1.54) is 0 Å². The average Bonchev–Trinajstić information content (AvgIpc) is 3.64. The van der Waals surface area contributed by atoms with Crippen LogP contribution >= 0.6 is 11.6 Å². The van der Waals surface area contributed by atoms with Crippen LogP contribution in [0.2, 0.25) is 5.02 Å². The summed E-state index contributed by atoms with van der Waals surface area (Å²) in [6.45, 7) is 7.10. The zero-order chi connectivity index (χ0) is 31.4. The number of nitrogens with zero attached hydrogens (tertiary/aromatic N) is 1. The van der Waals surface area contributed by atoms with Crippen LogP contribution in [0.25, 0.3) is 0 Å². The van der Waals surface area contributed by atoms with Crippen LogP contribution in [-0.2, 0) is 27.2 Å². The van der Waals surface area contributed by atoms with Crippen molar-refractivity contribution in [3.63, 3.8) is 0 Å². The number of rotatable bonds is 12. The fraction of sp³-hybridized carbons (Fsp3) is 0.412. The van der Waals surface area contributed by atoms with Gasteiger partial charge in [-0.15, -0.1) is 0 Å². The first-order chi connectivity index (χ1) is 21.3. The predicted molar refractivity (Wildman–Crippen MR) is 168 cm³/mol. The summed E-state index contributed by atoms with van der Waals surface area (Å²) < 4.78 is 22.5. The van der Waals surface area contributed by atoms with Gasteiger partial charge < -0.3 is 29.4 Å². The molecule has 234 valence electrons. The van der Waals surface area contributed by atoms with Gasteiger partial charge in [0, 0.05) is 35.8 Å². The molecule has 1 amide bonds. The Morgan fingerprint density at radius 1 is 1.05 bits per heavy atom. The van der Waals surface area contributed by atoms with Crippen molar-refractivity contribution >= 4 is 29.2 Å². The molecule has 1 fully saturated rings. The molecule has 44 heavy (non-hydrogen) atoms. The summed E-state index contributed by atoms with van der Waals surface area (Å²) in [6, 6.07) is 14.3. The lowest BCUT2D eigenvalue weighted by atomic mass is 9.81. The van der Waals surface area contributed by atoms with Crippen LogP contribution in [0.15, 0.2) is 48.5 Å². The van der Waals surface area contributed by atoms with Gasteiger partial charge >= 0.3 is 5.97 Å². The lowest BCUT2D eigenvalue weighted by Gasteiger charge is -2.28. The van der Waals surface area contributed by atoms with E-state index in [0.29, 0.717) is 60.4 Å². The monoisotopic (exact) mass is 622 g/mol. The van der Waals surface area contributed by atoms with E-state index < -0.39 is 23.8 Å². The van der Waals surface area contributed by atoms with E-state index in [4.69, 9.17) is 30.5 Å². The Kier molecular flexibility index (Phi) is 9.98. The Hall–Kier alpha value is -3.79. The van der Waals surface area contributed by atoms with Crippen LogP contribution in [0, 0.1) is 12.8 Å². The number of carbonyl (C=O) groups excluding carboxylic acids is 1. The largest absolute Gasteiger partial charge is 0.491 e. The van der Waals surface area contributed by atoms with Gasteiger partial charge in [-0.25, -0.2) is 0 Å². The highest BCUT2D eigenvalue weighted by Gasteiger charge is 2.49. The van der Waals surface area contributed by atoms with Crippen LogP contribution in [-0.4, -0.2) is 62.1 Å². The minimum Gasteiger partial charge on any atom is -0.491 e. The van der Waals surface area contributed by atoms with Gasteiger partial charge in [0.25, 0.3) is 0 Å². The number of amides is 1. The summed E-state index contributed by atoms with van der Waals surface area (Å²) in [5.41, 5.74) is 5.07. The van der Waals surface area contributed by atoms with Crippen molar-refractivity contribution in [2.24, 2.45) is 5.92 Å². The number of likely N-dealkylation sites (tertiary alicyclic amines) is 1. The van der Waals surface area contributed by atoms with Crippen LogP contribution in [0.1, 0.15) is 53.6 Å². The van der Waals surface area contributed by atoms with Gasteiger partial charge in [0.1, 0.15) is 12.4 Å². The molecule has 0 spiro atoms. The van der Waals surface area contributed by atoms with E-state index in [-0.39, 0.29) is 19.2 Å². The van der Waals surface area contributed by atoms with Crippen molar-refractivity contribution in [1.29, 1.82) is 0 Å². The smallest absolute Gasteiger partial charge is 0.309 e. The number of benzene rings is 3. The maximum absolute atomic E-state index is 13.8. The number of aryl methyl sites for hydroxylation is 2. The third kappa shape index (κ3) is 6.36.